The van der Waals surface area contributed by atoms with Crippen LogP contribution in [0.3, 0.4) is 0 Å². The fraction of sp³-hybridized carbons (Fsp3) is 0.667. The van der Waals surface area contributed by atoms with Crippen LogP contribution in [0.25, 0.3) is 0 Å². The first kappa shape index (κ1) is 5.43. The van der Waals surface area contributed by atoms with Crippen molar-refractivity contribution in [3.8, 4) is 0 Å². The molecule has 0 aromatic heterocycles. The molecule has 0 aromatic carbocycles. The maximum Gasteiger partial charge on any atom is 0.196 e. The van der Waals surface area contributed by atoms with Gasteiger partial charge in [-0.05, 0) is 6.92 Å². The molecular formula is C3H8N2O. The molecule has 2 N–H and O–H groups in total. The van der Waals surface area contributed by atoms with Crippen LogP contribution in [0.5, 0.6) is 0 Å². The van der Waals surface area contributed by atoms with Gasteiger partial charge in [-0.15, -0.1) is 0 Å². The lowest BCUT2D eigenvalue weighted by molar-refractivity contribution is 0.336. The summed E-state index contributed by atoms with van der Waals surface area (Å²) >= 11 is 0. The van der Waals surface area contributed by atoms with Crippen molar-refractivity contribution in [2.75, 3.05) is 6.54 Å². The minimum atomic E-state index is 0.719. The van der Waals surface area contributed by atoms with Crippen LogP contribution in [-0.2, 0) is 4.84 Å². The second-order valence-electron chi connectivity index (χ2n) is 0.740. The maximum absolute atomic E-state index is 4.57. The summed E-state index contributed by atoms with van der Waals surface area (Å²) in [6.07, 6.45) is 1.21. The zero-order valence-corrected chi connectivity index (χ0v) is 3.72. The third-order valence-corrected chi connectivity index (χ3v) is 0.318. The highest BCUT2D eigenvalue weighted by atomic mass is 16.6. The van der Waals surface area contributed by atoms with Crippen molar-refractivity contribution in [3.05, 3.63) is 0 Å². The number of hydrogen-bond acceptors (Lipinski definition) is 3. The Kier molecular flexibility index (Phi) is 4.01. The third kappa shape index (κ3) is 3.43. The van der Waals surface area contributed by atoms with E-state index in [0.717, 1.165) is 6.54 Å². The zero-order chi connectivity index (χ0) is 4.83. The average Bonchev–Trinajstić information content (AvgIpc) is 1.61. The van der Waals surface area contributed by atoms with Crippen LogP contribution in [0.2, 0.25) is 0 Å². The molecule has 0 radical (unpaired) electrons. The molecule has 0 fully saturated rings. The Morgan fingerprint density at radius 2 is 2.67 bits per heavy atom. The molecule has 0 saturated heterocycles. The molecule has 6 heavy (non-hydrogen) atoms. The first-order valence-corrected chi connectivity index (χ1v) is 1.75. The molecule has 0 bridgehead atoms. The number of rotatable bonds is 2. The van der Waals surface area contributed by atoms with E-state index >= 15 is 0 Å². The molecular weight excluding hydrogens is 80.0 g/mol. The molecule has 0 saturated carbocycles. The van der Waals surface area contributed by atoms with Crippen molar-refractivity contribution in [2.24, 2.45) is 10.9 Å². The van der Waals surface area contributed by atoms with Crippen molar-refractivity contribution in [1.82, 2.24) is 0 Å². The van der Waals surface area contributed by atoms with Gasteiger partial charge in [0.25, 0.3) is 0 Å². The smallest absolute Gasteiger partial charge is 0.196 e. The molecule has 0 spiro atoms. The number of nitrogens with zero attached hydrogens (tertiary/aromatic N) is 1. The number of hydrogen-bond donors (Lipinski definition) is 1. The van der Waals surface area contributed by atoms with Gasteiger partial charge in [-0.25, -0.2) is 0 Å². The third-order valence-electron chi connectivity index (χ3n) is 0.318. The lowest BCUT2D eigenvalue weighted by Crippen LogP contribution is -1.94. The van der Waals surface area contributed by atoms with E-state index < -0.39 is 0 Å². The van der Waals surface area contributed by atoms with Crippen LogP contribution in [0.15, 0.2) is 4.99 Å². The highest BCUT2D eigenvalue weighted by Crippen LogP contribution is 1.58. The summed E-state index contributed by atoms with van der Waals surface area (Å²) in [6, 6.07) is 0. The van der Waals surface area contributed by atoms with E-state index in [1.165, 1.54) is 6.40 Å². The van der Waals surface area contributed by atoms with E-state index in [0.29, 0.717) is 0 Å². The van der Waals surface area contributed by atoms with E-state index in [-0.39, 0.29) is 0 Å². The van der Waals surface area contributed by atoms with Crippen molar-refractivity contribution < 1.29 is 4.84 Å². The second kappa shape index (κ2) is 4.43. The molecule has 0 aliphatic carbocycles. The largest absolute Gasteiger partial charge is 0.400 e. The normalized spacial score (nSPS) is 9.67. The minimum absolute atomic E-state index is 0.719. The maximum atomic E-state index is 4.57. The molecule has 3 nitrogen and oxygen atoms in total. The van der Waals surface area contributed by atoms with Crippen LogP contribution < -0.4 is 5.90 Å². The van der Waals surface area contributed by atoms with Gasteiger partial charge in [0.1, 0.15) is 0 Å². The van der Waals surface area contributed by atoms with Crippen molar-refractivity contribution in [1.29, 1.82) is 0 Å². The van der Waals surface area contributed by atoms with Gasteiger partial charge in [-0.3, -0.25) is 4.99 Å². The van der Waals surface area contributed by atoms with Crippen LogP contribution >= 0.6 is 0 Å². The lowest BCUT2D eigenvalue weighted by atomic mass is 10.8. The fourth-order valence-corrected chi connectivity index (χ4v) is 0.118. The van der Waals surface area contributed by atoms with Crippen LogP contribution in [0.4, 0.5) is 0 Å². The summed E-state index contributed by atoms with van der Waals surface area (Å²) in [5.74, 6) is 4.57. The molecule has 0 amide bonds. The minimum Gasteiger partial charge on any atom is -0.400 e. The molecule has 0 unspecified atom stereocenters. The SMILES string of the molecule is CCN=CON. The second-order valence-corrected chi connectivity index (χ2v) is 0.740. The molecule has 0 rings (SSSR count). The van der Waals surface area contributed by atoms with Gasteiger partial charge in [0.05, 0.1) is 0 Å². The predicted molar refractivity (Wildman–Crippen MR) is 24.3 cm³/mol. The predicted octanol–water partition coefficient (Wildman–Crippen LogP) is -0.0751. The zero-order valence-electron chi connectivity index (χ0n) is 3.72. The topological polar surface area (TPSA) is 47.6 Å². The summed E-state index contributed by atoms with van der Waals surface area (Å²) in [4.78, 5) is 7.61. The summed E-state index contributed by atoms with van der Waals surface area (Å²) in [5.41, 5.74) is 0. The fourth-order valence-electron chi connectivity index (χ4n) is 0.118. The Balaban J connectivity index is 2.73. The molecule has 0 aromatic rings. The van der Waals surface area contributed by atoms with Gasteiger partial charge >= 0.3 is 0 Å². The Morgan fingerprint density at radius 1 is 2.00 bits per heavy atom. The standard InChI is InChI=1S/C3H8N2O/c1-2-5-3-6-4/h3H,2,4H2,1H3. The van der Waals surface area contributed by atoms with Gasteiger partial charge in [-0.1, -0.05) is 0 Å². The monoisotopic (exact) mass is 88.1 g/mol. The molecule has 0 atom stereocenters. The Labute approximate surface area is 36.8 Å². The molecule has 0 heterocycles. The Morgan fingerprint density at radius 3 is 2.83 bits per heavy atom. The summed E-state index contributed by atoms with van der Waals surface area (Å²) < 4.78 is 0. The van der Waals surface area contributed by atoms with Gasteiger partial charge in [0, 0.05) is 6.54 Å². The van der Waals surface area contributed by atoms with E-state index in [1.807, 2.05) is 6.92 Å². The molecule has 36 valence electrons. The molecule has 0 aliphatic rings. The summed E-state index contributed by atoms with van der Waals surface area (Å²) in [5, 5.41) is 0. The van der Waals surface area contributed by atoms with Crippen LogP contribution in [0, 0.1) is 0 Å². The van der Waals surface area contributed by atoms with Crippen molar-refractivity contribution in [2.45, 2.75) is 6.92 Å². The van der Waals surface area contributed by atoms with Crippen LogP contribution in [0.1, 0.15) is 6.92 Å². The Bertz CT molecular complexity index is 38.1. The van der Waals surface area contributed by atoms with Gasteiger partial charge in [0.15, 0.2) is 6.40 Å². The van der Waals surface area contributed by atoms with E-state index in [9.17, 15) is 0 Å². The number of aliphatic imine (C=N–C) groups is 1. The van der Waals surface area contributed by atoms with Crippen molar-refractivity contribution >= 4 is 6.40 Å². The molecule has 3 heteroatoms. The average molecular weight is 88.1 g/mol. The first-order chi connectivity index (χ1) is 2.91. The highest BCUT2D eigenvalue weighted by Gasteiger charge is 1.58. The quantitative estimate of drug-likeness (QED) is 0.291. The van der Waals surface area contributed by atoms with Crippen LogP contribution in [-0.4, -0.2) is 12.9 Å². The first-order valence-electron chi connectivity index (χ1n) is 1.75. The Hall–Kier alpha value is -0.570. The van der Waals surface area contributed by atoms with E-state index in [4.69, 9.17) is 0 Å². The summed E-state index contributed by atoms with van der Waals surface area (Å²) in [6.45, 7) is 2.62. The van der Waals surface area contributed by atoms with Gasteiger partial charge in [-0.2, -0.15) is 5.90 Å². The molecule has 0 aliphatic heterocycles. The van der Waals surface area contributed by atoms with Gasteiger partial charge < -0.3 is 4.84 Å². The van der Waals surface area contributed by atoms with Crippen molar-refractivity contribution in [3.63, 3.8) is 0 Å². The van der Waals surface area contributed by atoms with Gasteiger partial charge in [0.2, 0.25) is 0 Å². The van der Waals surface area contributed by atoms with E-state index in [2.05, 4.69) is 15.7 Å². The lowest BCUT2D eigenvalue weighted by Gasteiger charge is -1.79. The highest BCUT2D eigenvalue weighted by molar-refractivity contribution is 5.45. The number of nitrogens with two attached hydrogens (primary N) is 1. The van der Waals surface area contributed by atoms with E-state index in [1.54, 1.807) is 0 Å². The summed E-state index contributed by atoms with van der Waals surface area (Å²) in [7, 11) is 0.